The number of hydrogen-bond donors (Lipinski definition) is 3. The molecule has 2 aliphatic heterocycles. The summed E-state index contributed by atoms with van der Waals surface area (Å²) in [6, 6.07) is 4.09. The van der Waals surface area contributed by atoms with Gasteiger partial charge in [0.15, 0.2) is 0 Å². The van der Waals surface area contributed by atoms with Crippen LogP contribution in [0.1, 0.15) is 57.6 Å². The Bertz CT molecular complexity index is 904. The number of aryl methyl sites for hydroxylation is 1. The van der Waals surface area contributed by atoms with E-state index in [1.165, 1.54) is 4.90 Å². The van der Waals surface area contributed by atoms with E-state index in [0.29, 0.717) is 43.7 Å². The summed E-state index contributed by atoms with van der Waals surface area (Å²) in [5, 5.41) is 15.4. The second-order valence-electron chi connectivity index (χ2n) is 9.08. The zero-order valence-corrected chi connectivity index (χ0v) is 19.4. The smallest absolute Gasteiger partial charge is 0.310 e. The van der Waals surface area contributed by atoms with Crippen LogP contribution >= 0.6 is 0 Å². The van der Waals surface area contributed by atoms with E-state index in [2.05, 4.69) is 29.2 Å². The van der Waals surface area contributed by atoms with E-state index in [-0.39, 0.29) is 18.4 Å². The first kappa shape index (κ1) is 24.7. The van der Waals surface area contributed by atoms with E-state index in [9.17, 15) is 24.3 Å². The molecule has 0 aliphatic carbocycles. The summed E-state index contributed by atoms with van der Waals surface area (Å²) in [5.74, 6) is -0.647. The van der Waals surface area contributed by atoms with Gasteiger partial charge in [-0.05, 0) is 36.8 Å². The van der Waals surface area contributed by atoms with Crippen LogP contribution < -0.4 is 15.5 Å². The van der Waals surface area contributed by atoms with Gasteiger partial charge in [0.1, 0.15) is 12.1 Å². The van der Waals surface area contributed by atoms with Gasteiger partial charge in [-0.2, -0.15) is 0 Å². The van der Waals surface area contributed by atoms with Crippen molar-refractivity contribution in [2.75, 3.05) is 4.90 Å². The molecule has 1 aromatic rings. The number of rotatable bonds is 10. The van der Waals surface area contributed by atoms with E-state index in [0.717, 1.165) is 17.5 Å². The fraction of sp³-hybridized carbons (Fsp3) is 0.583. The second-order valence-corrected chi connectivity index (χ2v) is 9.08. The first-order valence-electron chi connectivity index (χ1n) is 11.5. The molecule has 1 saturated heterocycles. The van der Waals surface area contributed by atoms with Gasteiger partial charge in [-0.1, -0.05) is 38.5 Å². The van der Waals surface area contributed by atoms with Crippen molar-refractivity contribution in [2.45, 2.75) is 83.7 Å². The van der Waals surface area contributed by atoms with Crippen molar-refractivity contribution in [1.29, 1.82) is 0 Å². The van der Waals surface area contributed by atoms with Crippen LogP contribution in [-0.2, 0) is 36.8 Å². The van der Waals surface area contributed by atoms with E-state index in [1.807, 2.05) is 25.1 Å². The third-order valence-electron chi connectivity index (χ3n) is 6.42. The lowest BCUT2D eigenvalue weighted by Gasteiger charge is -2.24. The Morgan fingerprint density at radius 1 is 1.30 bits per heavy atom. The molecule has 0 spiro atoms. The molecule has 1 aromatic carbocycles. The third kappa shape index (κ3) is 5.90. The van der Waals surface area contributed by atoms with E-state index < -0.39 is 30.3 Å². The number of esters is 1. The highest BCUT2D eigenvalue weighted by Gasteiger charge is 2.40. The van der Waals surface area contributed by atoms with Crippen LogP contribution in [0.4, 0.5) is 5.69 Å². The molecule has 9 heteroatoms. The van der Waals surface area contributed by atoms with Crippen LogP contribution in [0.2, 0.25) is 0 Å². The van der Waals surface area contributed by atoms with E-state index in [1.54, 1.807) is 0 Å². The van der Waals surface area contributed by atoms with Gasteiger partial charge >= 0.3 is 5.97 Å². The number of nitrogens with one attached hydrogen (secondary N) is 2. The van der Waals surface area contributed by atoms with Gasteiger partial charge in [0, 0.05) is 18.9 Å². The molecule has 3 amide bonds. The number of fused-ring (bicyclic) bond motifs is 1. The molecule has 2 aliphatic rings. The number of aliphatic hydroxyl groups excluding tert-OH is 1. The van der Waals surface area contributed by atoms with Crippen molar-refractivity contribution < 1.29 is 29.0 Å². The predicted octanol–water partition coefficient (Wildman–Crippen LogP) is 1.20. The van der Waals surface area contributed by atoms with E-state index in [4.69, 9.17) is 0 Å². The largest absolute Gasteiger partial charge is 0.434 e. The van der Waals surface area contributed by atoms with Gasteiger partial charge in [-0.15, -0.1) is 0 Å². The molecule has 3 rings (SSSR count). The standard InChI is InChI=1S/C24H33N3O6/c1-4-14(2)10-20(29)25-15(3)8-9-16-6-5-7-17-11-19(27(13-28)22(16)17)23(31)26-18-12-21(30)33-24(18)32/h5-7,13-15,18-19,24,32H,4,8-12H2,1-3H3,(H,25,29)(H,26,31). The fourth-order valence-corrected chi connectivity index (χ4v) is 4.34. The monoisotopic (exact) mass is 459 g/mol. The first-order valence-corrected chi connectivity index (χ1v) is 11.5. The molecule has 1 fully saturated rings. The minimum atomic E-state index is -1.39. The normalized spacial score (nSPS) is 23.5. The zero-order valence-electron chi connectivity index (χ0n) is 19.4. The van der Waals surface area contributed by atoms with Crippen molar-refractivity contribution in [2.24, 2.45) is 5.92 Å². The van der Waals surface area contributed by atoms with Gasteiger partial charge in [0.05, 0.1) is 12.1 Å². The van der Waals surface area contributed by atoms with Gasteiger partial charge in [-0.3, -0.25) is 19.2 Å². The molecule has 5 atom stereocenters. The molecular formula is C24H33N3O6. The minimum absolute atomic E-state index is 0.0241. The zero-order chi connectivity index (χ0) is 24.1. The molecule has 5 unspecified atom stereocenters. The van der Waals surface area contributed by atoms with Crippen LogP contribution in [0.25, 0.3) is 0 Å². The first-order chi connectivity index (χ1) is 15.7. The maximum atomic E-state index is 12.9. The Kier molecular flexibility index (Phi) is 8.07. The number of anilines is 1. The maximum absolute atomic E-state index is 12.9. The second kappa shape index (κ2) is 10.8. The highest BCUT2D eigenvalue weighted by Crippen LogP contribution is 2.35. The van der Waals surface area contributed by atoms with Crippen LogP contribution in [0, 0.1) is 5.92 Å². The Balaban J connectivity index is 1.64. The topological polar surface area (TPSA) is 125 Å². The van der Waals surface area contributed by atoms with E-state index >= 15 is 0 Å². The lowest BCUT2D eigenvalue weighted by molar-refractivity contribution is -0.155. The van der Waals surface area contributed by atoms with Crippen LogP contribution in [0.5, 0.6) is 0 Å². The Hall–Kier alpha value is -2.94. The summed E-state index contributed by atoms with van der Waals surface area (Å²) in [5.41, 5.74) is 2.52. The maximum Gasteiger partial charge on any atom is 0.310 e. The summed E-state index contributed by atoms with van der Waals surface area (Å²) in [7, 11) is 0. The molecule has 9 nitrogen and oxygen atoms in total. The molecule has 33 heavy (non-hydrogen) atoms. The number of carbonyl (C=O) groups is 4. The fourth-order valence-electron chi connectivity index (χ4n) is 4.34. The number of hydrogen-bond acceptors (Lipinski definition) is 6. The number of para-hydroxylation sites is 1. The van der Waals surface area contributed by atoms with Crippen LogP contribution in [0.15, 0.2) is 18.2 Å². The van der Waals surface area contributed by atoms with Crippen molar-refractivity contribution in [3.8, 4) is 0 Å². The Morgan fingerprint density at radius 2 is 2.06 bits per heavy atom. The highest BCUT2D eigenvalue weighted by atomic mass is 16.6. The summed E-state index contributed by atoms with van der Waals surface area (Å²) >= 11 is 0. The number of aliphatic hydroxyl groups is 1. The SMILES string of the molecule is CCC(C)CC(=O)NC(C)CCc1cccc2c1N(C=O)C(C(=O)NC1CC(=O)OC1O)C2. The summed E-state index contributed by atoms with van der Waals surface area (Å²) in [6.07, 6.45) is 2.27. The van der Waals surface area contributed by atoms with Crippen LogP contribution in [0.3, 0.4) is 0 Å². The highest BCUT2D eigenvalue weighted by molar-refractivity contribution is 5.96. The van der Waals surface area contributed by atoms with Gasteiger partial charge in [0.25, 0.3) is 0 Å². The predicted molar refractivity (Wildman–Crippen MR) is 121 cm³/mol. The number of carbonyl (C=O) groups excluding carboxylic acids is 4. The number of benzene rings is 1. The summed E-state index contributed by atoms with van der Waals surface area (Å²) < 4.78 is 4.67. The number of ether oxygens (including phenoxy) is 1. The molecule has 3 N–H and O–H groups in total. The Morgan fingerprint density at radius 3 is 2.70 bits per heavy atom. The molecule has 2 heterocycles. The lowest BCUT2D eigenvalue weighted by Crippen LogP contribution is -2.50. The van der Waals surface area contributed by atoms with Gasteiger partial charge in [0.2, 0.25) is 24.5 Å². The quantitative estimate of drug-likeness (QED) is 0.357. The van der Waals surface area contributed by atoms with Crippen molar-refractivity contribution in [1.82, 2.24) is 10.6 Å². The average Bonchev–Trinajstić information content (AvgIpc) is 3.30. The average molecular weight is 460 g/mol. The Labute approximate surface area is 193 Å². The van der Waals surface area contributed by atoms with Gasteiger partial charge < -0.3 is 25.4 Å². The third-order valence-corrected chi connectivity index (χ3v) is 6.42. The number of amides is 3. The van der Waals surface area contributed by atoms with Crippen molar-refractivity contribution in [3.05, 3.63) is 29.3 Å². The minimum Gasteiger partial charge on any atom is -0.434 e. The number of nitrogens with zero attached hydrogens (tertiary/aromatic N) is 1. The molecule has 0 radical (unpaired) electrons. The molecule has 0 saturated carbocycles. The molecular weight excluding hydrogens is 426 g/mol. The van der Waals surface area contributed by atoms with Gasteiger partial charge in [-0.25, -0.2) is 0 Å². The molecule has 0 aromatic heterocycles. The molecule has 0 bridgehead atoms. The number of cyclic esters (lactones) is 1. The van der Waals surface area contributed by atoms with Crippen molar-refractivity contribution >= 4 is 29.9 Å². The molecule has 180 valence electrons. The summed E-state index contributed by atoms with van der Waals surface area (Å²) in [4.78, 5) is 49.8. The van der Waals surface area contributed by atoms with Crippen molar-refractivity contribution in [3.63, 3.8) is 0 Å². The summed E-state index contributed by atoms with van der Waals surface area (Å²) in [6.45, 7) is 6.07. The van der Waals surface area contributed by atoms with Crippen LogP contribution in [-0.4, -0.2) is 53.7 Å². The lowest BCUT2D eigenvalue weighted by atomic mass is 10.00.